The summed E-state index contributed by atoms with van der Waals surface area (Å²) in [5.41, 5.74) is 0. The maximum absolute atomic E-state index is 5.63. The van der Waals surface area contributed by atoms with Gasteiger partial charge in [-0.1, -0.05) is 6.92 Å². The molecule has 3 heteroatoms. The first-order valence-electron chi connectivity index (χ1n) is 5.28. The van der Waals surface area contributed by atoms with Gasteiger partial charge < -0.3 is 10.1 Å². The molecular weight excluding hydrogens is 164 g/mol. The fourth-order valence-corrected chi connectivity index (χ4v) is 1.82. The Morgan fingerprint density at radius 1 is 1.54 bits per heavy atom. The summed E-state index contributed by atoms with van der Waals surface area (Å²) in [6.07, 6.45) is 1.59. The second-order valence-corrected chi connectivity index (χ2v) is 3.80. The highest BCUT2D eigenvalue weighted by molar-refractivity contribution is 4.77. The minimum atomic E-state index is 0.402. The third-order valence-corrected chi connectivity index (χ3v) is 2.70. The first-order chi connectivity index (χ1) is 6.27. The quantitative estimate of drug-likeness (QED) is 0.699. The maximum Gasteiger partial charge on any atom is 0.0674 e. The van der Waals surface area contributed by atoms with Crippen LogP contribution in [0.25, 0.3) is 0 Å². The molecule has 0 saturated carbocycles. The largest absolute Gasteiger partial charge is 0.376 e. The molecule has 0 aromatic heterocycles. The molecule has 1 rings (SSSR count). The van der Waals surface area contributed by atoms with Gasteiger partial charge in [-0.25, -0.2) is 0 Å². The Balaban J connectivity index is 2.35. The lowest BCUT2D eigenvalue weighted by atomic mass is 10.1. The Morgan fingerprint density at radius 2 is 2.31 bits per heavy atom. The predicted molar refractivity (Wildman–Crippen MR) is 55.0 cm³/mol. The van der Waals surface area contributed by atoms with Crippen LogP contribution in [0, 0.1) is 0 Å². The van der Waals surface area contributed by atoms with E-state index < -0.39 is 0 Å². The van der Waals surface area contributed by atoms with Crippen LogP contribution < -0.4 is 5.32 Å². The van der Waals surface area contributed by atoms with E-state index in [2.05, 4.69) is 24.1 Å². The number of hydrogen-bond donors (Lipinski definition) is 1. The van der Waals surface area contributed by atoms with Gasteiger partial charge in [0.2, 0.25) is 0 Å². The standard InChI is InChI=1S/C10H22N2O/c1-4-10-8-13-9(2)7-12(10)6-5-11-3/h9-11H,4-8H2,1-3H3. The number of nitrogens with zero attached hydrogens (tertiary/aromatic N) is 1. The zero-order valence-electron chi connectivity index (χ0n) is 9.05. The monoisotopic (exact) mass is 186 g/mol. The van der Waals surface area contributed by atoms with Crippen LogP contribution in [0.1, 0.15) is 20.3 Å². The minimum absolute atomic E-state index is 0.402. The second kappa shape index (κ2) is 5.58. The molecule has 0 aromatic rings. The molecule has 2 atom stereocenters. The molecule has 0 bridgehead atoms. The van der Waals surface area contributed by atoms with Crippen LogP contribution in [0.3, 0.4) is 0 Å². The van der Waals surface area contributed by atoms with Gasteiger partial charge in [-0.15, -0.1) is 0 Å². The van der Waals surface area contributed by atoms with E-state index >= 15 is 0 Å². The first-order valence-corrected chi connectivity index (χ1v) is 5.28. The molecule has 1 fully saturated rings. The molecule has 0 amide bonds. The summed E-state index contributed by atoms with van der Waals surface area (Å²) in [6, 6.07) is 0.629. The number of ether oxygens (including phenoxy) is 1. The summed E-state index contributed by atoms with van der Waals surface area (Å²) in [7, 11) is 2.00. The van der Waals surface area contributed by atoms with Gasteiger partial charge in [0.1, 0.15) is 0 Å². The van der Waals surface area contributed by atoms with Crippen molar-refractivity contribution in [2.24, 2.45) is 0 Å². The Labute approximate surface area is 81.4 Å². The van der Waals surface area contributed by atoms with Gasteiger partial charge in [0.15, 0.2) is 0 Å². The van der Waals surface area contributed by atoms with Crippen molar-refractivity contribution in [3.63, 3.8) is 0 Å². The van der Waals surface area contributed by atoms with E-state index in [1.165, 1.54) is 6.42 Å². The molecule has 0 aromatic carbocycles. The summed E-state index contributed by atoms with van der Waals surface area (Å²) in [6.45, 7) is 8.59. The predicted octanol–water partition coefficient (Wildman–Crippen LogP) is 0.705. The number of nitrogens with one attached hydrogen (secondary N) is 1. The van der Waals surface area contributed by atoms with Crippen molar-refractivity contribution in [3.8, 4) is 0 Å². The molecule has 1 heterocycles. The second-order valence-electron chi connectivity index (χ2n) is 3.80. The Hall–Kier alpha value is -0.120. The van der Waals surface area contributed by atoms with Crippen LogP contribution >= 0.6 is 0 Å². The van der Waals surface area contributed by atoms with Crippen molar-refractivity contribution in [3.05, 3.63) is 0 Å². The number of rotatable bonds is 4. The van der Waals surface area contributed by atoms with Crippen molar-refractivity contribution in [1.29, 1.82) is 0 Å². The molecule has 0 spiro atoms. The fourth-order valence-electron chi connectivity index (χ4n) is 1.82. The van der Waals surface area contributed by atoms with Gasteiger partial charge in [-0.2, -0.15) is 0 Å². The van der Waals surface area contributed by atoms with Gasteiger partial charge in [-0.05, 0) is 20.4 Å². The van der Waals surface area contributed by atoms with Crippen molar-refractivity contribution >= 4 is 0 Å². The molecule has 1 aliphatic rings. The highest BCUT2D eigenvalue weighted by Crippen LogP contribution is 2.13. The lowest BCUT2D eigenvalue weighted by Gasteiger charge is -2.38. The molecule has 1 N–H and O–H groups in total. The van der Waals surface area contributed by atoms with Crippen molar-refractivity contribution in [2.45, 2.75) is 32.4 Å². The molecule has 3 nitrogen and oxygen atoms in total. The van der Waals surface area contributed by atoms with E-state index in [0.29, 0.717) is 12.1 Å². The Kier molecular flexibility index (Phi) is 4.70. The van der Waals surface area contributed by atoms with E-state index in [4.69, 9.17) is 4.74 Å². The normalized spacial score (nSPS) is 30.7. The number of morpholine rings is 1. The maximum atomic E-state index is 5.63. The van der Waals surface area contributed by atoms with Crippen molar-refractivity contribution < 1.29 is 4.74 Å². The molecule has 2 unspecified atom stereocenters. The van der Waals surface area contributed by atoms with Crippen LogP contribution in [-0.2, 0) is 4.74 Å². The topological polar surface area (TPSA) is 24.5 Å². The molecule has 0 aliphatic carbocycles. The first kappa shape index (κ1) is 11.0. The lowest BCUT2D eigenvalue weighted by Crippen LogP contribution is -2.50. The Morgan fingerprint density at radius 3 is 2.92 bits per heavy atom. The van der Waals surface area contributed by atoms with Crippen LogP contribution in [0.15, 0.2) is 0 Å². The van der Waals surface area contributed by atoms with E-state index in [1.807, 2.05) is 7.05 Å². The smallest absolute Gasteiger partial charge is 0.0674 e. The van der Waals surface area contributed by atoms with Crippen LogP contribution in [0.4, 0.5) is 0 Å². The zero-order valence-corrected chi connectivity index (χ0v) is 9.05. The average Bonchev–Trinajstić information content (AvgIpc) is 2.15. The molecule has 1 saturated heterocycles. The SMILES string of the molecule is CCC1COC(C)CN1CCNC. The highest BCUT2D eigenvalue weighted by atomic mass is 16.5. The molecule has 0 radical (unpaired) electrons. The number of likely N-dealkylation sites (N-methyl/N-ethyl adjacent to an activating group) is 1. The van der Waals surface area contributed by atoms with Crippen LogP contribution in [0.2, 0.25) is 0 Å². The highest BCUT2D eigenvalue weighted by Gasteiger charge is 2.24. The summed E-state index contributed by atoms with van der Waals surface area (Å²) in [5.74, 6) is 0. The molecule has 1 aliphatic heterocycles. The number of hydrogen-bond acceptors (Lipinski definition) is 3. The minimum Gasteiger partial charge on any atom is -0.376 e. The van der Waals surface area contributed by atoms with E-state index in [-0.39, 0.29) is 0 Å². The summed E-state index contributed by atoms with van der Waals surface area (Å²) < 4.78 is 5.63. The lowest BCUT2D eigenvalue weighted by molar-refractivity contribution is -0.0549. The molecule has 78 valence electrons. The zero-order chi connectivity index (χ0) is 9.68. The third kappa shape index (κ3) is 3.25. The van der Waals surface area contributed by atoms with E-state index in [1.54, 1.807) is 0 Å². The van der Waals surface area contributed by atoms with Gasteiger partial charge in [-0.3, -0.25) is 4.90 Å². The van der Waals surface area contributed by atoms with Crippen LogP contribution in [-0.4, -0.2) is 50.3 Å². The van der Waals surface area contributed by atoms with Crippen molar-refractivity contribution in [2.75, 3.05) is 33.3 Å². The summed E-state index contributed by atoms with van der Waals surface area (Å²) in [5, 5.41) is 3.19. The van der Waals surface area contributed by atoms with Crippen LogP contribution in [0.5, 0.6) is 0 Å². The molecule has 13 heavy (non-hydrogen) atoms. The fraction of sp³-hybridized carbons (Fsp3) is 1.00. The van der Waals surface area contributed by atoms with E-state index in [0.717, 1.165) is 26.2 Å². The van der Waals surface area contributed by atoms with Gasteiger partial charge >= 0.3 is 0 Å². The van der Waals surface area contributed by atoms with Gasteiger partial charge in [0.25, 0.3) is 0 Å². The van der Waals surface area contributed by atoms with Crippen molar-refractivity contribution in [1.82, 2.24) is 10.2 Å². The van der Waals surface area contributed by atoms with E-state index in [9.17, 15) is 0 Å². The average molecular weight is 186 g/mol. The molecular formula is C10H22N2O. The van der Waals surface area contributed by atoms with Gasteiger partial charge in [0.05, 0.1) is 12.7 Å². The third-order valence-electron chi connectivity index (χ3n) is 2.70. The summed E-state index contributed by atoms with van der Waals surface area (Å²) >= 11 is 0. The Bertz CT molecular complexity index is 141. The summed E-state index contributed by atoms with van der Waals surface area (Å²) in [4.78, 5) is 2.53. The van der Waals surface area contributed by atoms with Gasteiger partial charge in [0, 0.05) is 25.7 Å².